The van der Waals surface area contributed by atoms with Crippen molar-refractivity contribution >= 4 is 12.1 Å². The van der Waals surface area contributed by atoms with Crippen LogP contribution in [0.2, 0.25) is 0 Å². The zero-order chi connectivity index (χ0) is 12.2. The molecule has 0 spiro atoms. The average Bonchev–Trinajstić information content (AvgIpc) is 2.16. The Hall–Kier alpha value is -1.85. The van der Waals surface area contributed by atoms with E-state index in [0.717, 1.165) is 12.1 Å². The maximum atomic E-state index is 12.2. The van der Waals surface area contributed by atoms with Crippen LogP contribution in [0.25, 0.3) is 0 Å². The van der Waals surface area contributed by atoms with Gasteiger partial charge in [-0.1, -0.05) is 12.1 Å². The number of amides is 1. The highest BCUT2D eigenvalue weighted by atomic mass is 19.4. The van der Waals surface area contributed by atoms with Gasteiger partial charge in [0.15, 0.2) is 0 Å². The summed E-state index contributed by atoms with van der Waals surface area (Å²) in [7, 11) is 0. The topological polar surface area (TPSA) is 41.5 Å². The van der Waals surface area contributed by atoms with Gasteiger partial charge in [-0.2, -0.15) is 18.3 Å². The van der Waals surface area contributed by atoms with Gasteiger partial charge >= 0.3 is 6.18 Å². The zero-order valence-electron chi connectivity index (χ0n) is 8.08. The first kappa shape index (κ1) is 12.2. The largest absolute Gasteiger partial charge is 0.416 e. The third-order valence-corrected chi connectivity index (χ3v) is 1.64. The summed E-state index contributed by atoms with van der Waals surface area (Å²) in [6.07, 6.45) is -3.12. The van der Waals surface area contributed by atoms with E-state index in [2.05, 4.69) is 12.0 Å². The van der Waals surface area contributed by atoms with Crippen molar-refractivity contribution in [3.8, 4) is 0 Å². The summed E-state index contributed by atoms with van der Waals surface area (Å²) in [4.78, 5) is 10.3. The molecule has 0 atom stereocenters. The third kappa shape index (κ3) is 3.72. The molecule has 1 aromatic carbocycles. The number of carbonyl (C=O) groups is 1. The maximum Gasteiger partial charge on any atom is 0.416 e. The molecule has 0 fully saturated rings. The fourth-order valence-corrected chi connectivity index (χ4v) is 0.937. The van der Waals surface area contributed by atoms with Crippen LogP contribution < -0.4 is 5.43 Å². The summed E-state index contributed by atoms with van der Waals surface area (Å²) in [6.45, 7) is 3.00. The molecule has 1 rings (SSSR count). The number of rotatable bonds is 2. The average molecular weight is 229 g/mol. The Balaban J connectivity index is 2.72. The van der Waals surface area contributed by atoms with Crippen molar-refractivity contribution < 1.29 is 18.0 Å². The Bertz CT molecular complexity index is 396. The van der Waals surface area contributed by atoms with Gasteiger partial charge in [-0.25, -0.2) is 5.43 Å². The molecule has 1 radical (unpaired) electrons. The van der Waals surface area contributed by atoms with Gasteiger partial charge in [0.2, 0.25) is 5.91 Å². The first-order valence-electron chi connectivity index (χ1n) is 4.22. The van der Waals surface area contributed by atoms with Crippen LogP contribution in [-0.2, 0) is 11.0 Å². The van der Waals surface area contributed by atoms with E-state index in [1.165, 1.54) is 18.3 Å². The number of hydrogen-bond acceptors (Lipinski definition) is 2. The number of halogens is 3. The fourth-order valence-electron chi connectivity index (χ4n) is 0.937. The maximum absolute atomic E-state index is 12.2. The van der Waals surface area contributed by atoms with E-state index >= 15 is 0 Å². The van der Waals surface area contributed by atoms with Crippen LogP contribution >= 0.6 is 0 Å². The second-order valence-corrected chi connectivity index (χ2v) is 2.91. The standard InChI is InChI=1S/C10H8F3N2O/c1-7(16)15-14-6-8-2-4-9(5-3-8)10(11,12)13/h2-6H,1H2,(H,15,16). The molecular weight excluding hydrogens is 221 g/mol. The van der Waals surface area contributed by atoms with Gasteiger partial charge < -0.3 is 0 Å². The van der Waals surface area contributed by atoms with E-state index < -0.39 is 17.6 Å². The van der Waals surface area contributed by atoms with E-state index in [9.17, 15) is 18.0 Å². The predicted octanol–water partition coefficient (Wildman–Crippen LogP) is 1.99. The summed E-state index contributed by atoms with van der Waals surface area (Å²) in [5.74, 6) is -0.594. The van der Waals surface area contributed by atoms with E-state index in [0.29, 0.717) is 5.56 Å². The minimum atomic E-state index is -4.35. The lowest BCUT2D eigenvalue weighted by molar-refractivity contribution is -0.137. The molecule has 3 nitrogen and oxygen atoms in total. The molecule has 0 saturated heterocycles. The fraction of sp³-hybridized carbons (Fsp3) is 0.100. The zero-order valence-corrected chi connectivity index (χ0v) is 8.08. The van der Waals surface area contributed by atoms with Crippen molar-refractivity contribution in [2.24, 2.45) is 5.10 Å². The number of carbonyl (C=O) groups excluding carboxylic acids is 1. The quantitative estimate of drug-likeness (QED) is 0.611. The monoisotopic (exact) mass is 229 g/mol. The van der Waals surface area contributed by atoms with Gasteiger partial charge in [-0.15, -0.1) is 0 Å². The predicted molar refractivity (Wildman–Crippen MR) is 52.5 cm³/mol. The second-order valence-electron chi connectivity index (χ2n) is 2.91. The Kier molecular flexibility index (Phi) is 3.65. The Morgan fingerprint density at radius 2 is 1.88 bits per heavy atom. The molecule has 0 aliphatic heterocycles. The summed E-state index contributed by atoms with van der Waals surface area (Å²) in [5, 5.41) is 3.46. The molecule has 0 bridgehead atoms. The summed E-state index contributed by atoms with van der Waals surface area (Å²) in [5.41, 5.74) is 1.75. The molecular formula is C10H8F3N2O. The van der Waals surface area contributed by atoms with Gasteiger partial charge in [-0.05, 0) is 17.7 Å². The minimum Gasteiger partial charge on any atom is -0.273 e. The number of hydrazone groups is 1. The minimum absolute atomic E-state index is 0.446. The lowest BCUT2D eigenvalue weighted by Gasteiger charge is -2.05. The molecule has 1 N–H and O–H groups in total. The molecule has 0 unspecified atom stereocenters. The summed E-state index contributed by atoms with van der Waals surface area (Å²) >= 11 is 0. The van der Waals surface area contributed by atoms with Crippen LogP contribution in [0.4, 0.5) is 13.2 Å². The van der Waals surface area contributed by atoms with Gasteiger partial charge in [0.05, 0.1) is 11.8 Å². The molecule has 1 aromatic rings. The first-order chi connectivity index (χ1) is 7.39. The normalized spacial score (nSPS) is 11.8. The second kappa shape index (κ2) is 4.78. The number of benzene rings is 1. The summed E-state index contributed by atoms with van der Waals surface area (Å²) < 4.78 is 36.5. The van der Waals surface area contributed by atoms with Crippen molar-refractivity contribution in [1.29, 1.82) is 0 Å². The van der Waals surface area contributed by atoms with Crippen LogP contribution in [-0.4, -0.2) is 12.1 Å². The van der Waals surface area contributed by atoms with Crippen LogP contribution in [0.1, 0.15) is 11.1 Å². The van der Waals surface area contributed by atoms with E-state index in [-0.39, 0.29) is 0 Å². The van der Waals surface area contributed by atoms with Gasteiger partial charge in [-0.3, -0.25) is 4.79 Å². The van der Waals surface area contributed by atoms with Gasteiger partial charge in [0.25, 0.3) is 0 Å². The lowest BCUT2D eigenvalue weighted by atomic mass is 10.1. The number of hydrogen-bond donors (Lipinski definition) is 1. The molecule has 1 amide bonds. The third-order valence-electron chi connectivity index (χ3n) is 1.64. The highest BCUT2D eigenvalue weighted by Gasteiger charge is 2.29. The van der Waals surface area contributed by atoms with Gasteiger partial charge in [0.1, 0.15) is 0 Å². The molecule has 0 aromatic heterocycles. The van der Waals surface area contributed by atoms with Crippen LogP contribution in [0.3, 0.4) is 0 Å². The Morgan fingerprint density at radius 3 is 2.31 bits per heavy atom. The number of nitrogens with one attached hydrogen (secondary N) is 1. The van der Waals surface area contributed by atoms with Crippen molar-refractivity contribution in [2.75, 3.05) is 0 Å². The number of alkyl halides is 3. The molecule has 0 aliphatic rings. The molecule has 0 heterocycles. The van der Waals surface area contributed by atoms with Crippen molar-refractivity contribution in [2.45, 2.75) is 6.18 Å². The molecule has 16 heavy (non-hydrogen) atoms. The van der Waals surface area contributed by atoms with Crippen molar-refractivity contribution in [3.05, 3.63) is 42.3 Å². The lowest BCUT2D eigenvalue weighted by Crippen LogP contribution is -2.12. The Morgan fingerprint density at radius 1 is 1.31 bits per heavy atom. The summed E-state index contributed by atoms with van der Waals surface area (Å²) in [6, 6.07) is 4.38. The van der Waals surface area contributed by atoms with Crippen LogP contribution in [0, 0.1) is 6.92 Å². The highest BCUT2D eigenvalue weighted by molar-refractivity contribution is 5.83. The Labute approximate surface area is 90.0 Å². The molecule has 85 valence electrons. The molecule has 0 saturated carbocycles. The van der Waals surface area contributed by atoms with Crippen molar-refractivity contribution in [3.63, 3.8) is 0 Å². The van der Waals surface area contributed by atoms with E-state index in [4.69, 9.17) is 0 Å². The first-order valence-corrected chi connectivity index (χ1v) is 4.22. The van der Waals surface area contributed by atoms with Crippen molar-refractivity contribution in [1.82, 2.24) is 5.43 Å². The van der Waals surface area contributed by atoms with E-state index in [1.807, 2.05) is 5.43 Å². The number of nitrogens with zero attached hydrogens (tertiary/aromatic N) is 1. The van der Waals surface area contributed by atoms with Crippen LogP contribution in [0.15, 0.2) is 29.4 Å². The van der Waals surface area contributed by atoms with Crippen LogP contribution in [0.5, 0.6) is 0 Å². The van der Waals surface area contributed by atoms with Gasteiger partial charge in [0, 0.05) is 6.92 Å². The smallest absolute Gasteiger partial charge is 0.273 e. The highest BCUT2D eigenvalue weighted by Crippen LogP contribution is 2.28. The molecule has 0 aliphatic carbocycles. The SMILES string of the molecule is [CH2]C(=O)NN=Cc1ccc(C(F)(F)F)cc1. The van der Waals surface area contributed by atoms with E-state index in [1.54, 1.807) is 0 Å². The molecule has 6 heteroatoms.